The Kier molecular flexibility index (Phi) is 15.8. The largest absolute Gasteiger partial charge is 0.379 e. The summed E-state index contributed by atoms with van der Waals surface area (Å²) in [6, 6.07) is 0. The average molecular weight is 330 g/mol. The Balaban J connectivity index is 3.35. The molecule has 0 radical (unpaired) electrons. The van der Waals surface area contributed by atoms with Gasteiger partial charge < -0.3 is 14.4 Å². The van der Waals surface area contributed by atoms with Crippen LogP contribution in [-0.4, -0.2) is 50.8 Å². The minimum absolute atomic E-state index is 0.0352. The van der Waals surface area contributed by atoms with Crippen molar-refractivity contribution < 1.29 is 14.3 Å². The lowest BCUT2D eigenvalue weighted by molar-refractivity contribution is -0.129. The van der Waals surface area contributed by atoms with Crippen LogP contribution in [0.5, 0.6) is 0 Å². The number of hydrogen-bond acceptors (Lipinski definition) is 3. The van der Waals surface area contributed by atoms with Crippen molar-refractivity contribution in [1.29, 1.82) is 0 Å². The molecule has 1 atom stereocenters. The molecule has 0 saturated carbocycles. The molecule has 0 rings (SSSR count). The van der Waals surface area contributed by atoms with Gasteiger partial charge in [0.15, 0.2) is 0 Å². The molecular weight excluding hydrogens is 290 g/mol. The van der Waals surface area contributed by atoms with Crippen LogP contribution < -0.4 is 0 Å². The molecule has 0 aliphatic heterocycles. The summed E-state index contributed by atoms with van der Waals surface area (Å²) in [6.07, 6.45) is 13.3. The highest BCUT2D eigenvalue weighted by molar-refractivity contribution is 5.72. The number of nitrogens with zero attached hydrogens (tertiary/aromatic N) is 1. The van der Waals surface area contributed by atoms with Gasteiger partial charge in [0.2, 0.25) is 5.91 Å². The zero-order valence-electron chi connectivity index (χ0n) is 15.9. The highest BCUT2D eigenvalue weighted by Crippen LogP contribution is 2.10. The number of amides is 1. The van der Waals surface area contributed by atoms with Crippen molar-refractivity contribution in [2.75, 3.05) is 33.9 Å². The molecule has 0 aromatic rings. The van der Waals surface area contributed by atoms with Crippen molar-refractivity contribution in [3.63, 3.8) is 0 Å². The van der Waals surface area contributed by atoms with Crippen molar-refractivity contribution in [3.8, 4) is 0 Å². The Labute approximate surface area is 143 Å². The quantitative estimate of drug-likeness (QED) is 0.394. The smallest absolute Gasteiger partial charge is 0.219 e. The molecule has 0 heterocycles. The van der Waals surface area contributed by atoms with E-state index in [1.807, 2.05) is 0 Å². The van der Waals surface area contributed by atoms with E-state index in [1.165, 1.54) is 57.8 Å². The molecule has 0 saturated heterocycles. The Morgan fingerprint density at radius 3 is 1.96 bits per heavy atom. The van der Waals surface area contributed by atoms with Crippen LogP contribution in [0.1, 0.15) is 78.1 Å². The van der Waals surface area contributed by atoms with E-state index in [9.17, 15) is 4.79 Å². The predicted octanol–water partition coefficient (Wildman–Crippen LogP) is 4.42. The van der Waals surface area contributed by atoms with Crippen LogP contribution in [0.15, 0.2) is 0 Å². The summed E-state index contributed by atoms with van der Waals surface area (Å²) in [7, 11) is 3.46. The van der Waals surface area contributed by atoms with Crippen molar-refractivity contribution in [2.24, 2.45) is 0 Å². The van der Waals surface area contributed by atoms with E-state index in [-0.39, 0.29) is 12.0 Å². The summed E-state index contributed by atoms with van der Waals surface area (Å²) in [5.74, 6) is 0.0572. The van der Waals surface area contributed by atoms with E-state index in [1.54, 1.807) is 26.0 Å². The number of hydrogen-bond donors (Lipinski definition) is 0. The number of methoxy groups -OCH3 is 1. The Hall–Kier alpha value is -0.610. The molecule has 0 aromatic heterocycles. The van der Waals surface area contributed by atoms with Crippen LogP contribution in [0.25, 0.3) is 0 Å². The van der Waals surface area contributed by atoms with Gasteiger partial charge in [0.1, 0.15) is 0 Å². The molecule has 1 unspecified atom stereocenters. The molecule has 0 aromatic carbocycles. The van der Waals surface area contributed by atoms with Crippen LogP contribution >= 0.6 is 0 Å². The number of rotatable bonds is 16. The zero-order chi connectivity index (χ0) is 17.3. The fraction of sp³-hybridized carbons (Fsp3) is 0.947. The second-order valence-electron chi connectivity index (χ2n) is 6.51. The fourth-order valence-electron chi connectivity index (χ4n) is 2.54. The molecule has 4 heteroatoms. The van der Waals surface area contributed by atoms with Gasteiger partial charge in [-0.2, -0.15) is 0 Å². The van der Waals surface area contributed by atoms with Gasteiger partial charge in [0.25, 0.3) is 0 Å². The van der Waals surface area contributed by atoms with E-state index in [4.69, 9.17) is 9.47 Å². The summed E-state index contributed by atoms with van der Waals surface area (Å²) in [5, 5.41) is 0. The first-order valence-electron chi connectivity index (χ1n) is 9.44. The highest BCUT2D eigenvalue weighted by Gasteiger charge is 2.12. The summed E-state index contributed by atoms with van der Waals surface area (Å²) in [6.45, 7) is 5.77. The number of likely N-dealkylation sites (N-methyl/N-ethyl adjacent to an activating group) is 1. The SMILES string of the molecule is CCCCCCCCCCCCOCC(CN(C)C(C)=O)OC. The van der Waals surface area contributed by atoms with Crippen molar-refractivity contribution >= 4 is 5.91 Å². The van der Waals surface area contributed by atoms with Gasteiger partial charge >= 0.3 is 0 Å². The van der Waals surface area contributed by atoms with Gasteiger partial charge in [0.05, 0.1) is 12.7 Å². The molecule has 0 N–H and O–H groups in total. The lowest BCUT2D eigenvalue weighted by Gasteiger charge is -2.22. The van der Waals surface area contributed by atoms with Gasteiger partial charge in [0, 0.05) is 34.2 Å². The third-order valence-electron chi connectivity index (χ3n) is 4.29. The summed E-state index contributed by atoms with van der Waals surface area (Å²) in [5.41, 5.74) is 0. The minimum atomic E-state index is -0.0352. The molecule has 0 fully saturated rings. The van der Waals surface area contributed by atoms with Crippen molar-refractivity contribution in [2.45, 2.75) is 84.2 Å². The van der Waals surface area contributed by atoms with Gasteiger partial charge in [-0.05, 0) is 6.42 Å². The van der Waals surface area contributed by atoms with Gasteiger partial charge in [-0.1, -0.05) is 64.7 Å². The van der Waals surface area contributed by atoms with E-state index < -0.39 is 0 Å². The summed E-state index contributed by atoms with van der Waals surface area (Å²) >= 11 is 0. The van der Waals surface area contributed by atoms with Crippen molar-refractivity contribution in [1.82, 2.24) is 4.90 Å². The van der Waals surface area contributed by atoms with Gasteiger partial charge in [-0.25, -0.2) is 0 Å². The number of ether oxygens (including phenoxy) is 2. The molecule has 4 nitrogen and oxygen atoms in total. The van der Waals surface area contributed by atoms with Crippen LogP contribution in [-0.2, 0) is 14.3 Å². The molecular formula is C19H39NO3. The van der Waals surface area contributed by atoms with Crippen LogP contribution in [0.4, 0.5) is 0 Å². The number of unbranched alkanes of at least 4 members (excludes halogenated alkanes) is 9. The van der Waals surface area contributed by atoms with Crippen LogP contribution in [0.2, 0.25) is 0 Å². The van der Waals surface area contributed by atoms with E-state index in [2.05, 4.69) is 6.92 Å². The highest BCUT2D eigenvalue weighted by atomic mass is 16.5. The molecule has 0 aliphatic rings. The Morgan fingerprint density at radius 1 is 0.957 bits per heavy atom. The molecule has 138 valence electrons. The maximum Gasteiger partial charge on any atom is 0.219 e. The monoisotopic (exact) mass is 329 g/mol. The molecule has 0 spiro atoms. The molecule has 23 heavy (non-hydrogen) atoms. The first-order valence-corrected chi connectivity index (χ1v) is 9.44. The second-order valence-corrected chi connectivity index (χ2v) is 6.51. The predicted molar refractivity (Wildman–Crippen MR) is 96.8 cm³/mol. The van der Waals surface area contributed by atoms with Crippen LogP contribution in [0, 0.1) is 0 Å². The zero-order valence-corrected chi connectivity index (χ0v) is 15.9. The second kappa shape index (κ2) is 16.3. The molecule has 1 amide bonds. The lowest BCUT2D eigenvalue weighted by atomic mass is 10.1. The van der Waals surface area contributed by atoms with Crippen molar-refractivity contribution in [3.05, 3.63) is 0 Å². The maximum absolute atomic E-state index is 11.2. The topological polar surface area (TPSA) is 38.8 Å². The van der Waals surface area contributed by atoms with Gasteiger partial charge in [-0.15, -0.1) is 0 Å². The Morgan fingerprint density at radius 2 is 1.48 bits per heavy atom. The number of carbonyl (C=O) groups excluding carboxylic acids is 1. The fourth-order valence-corrected chi connectivity index (χ4v) is 2.54. The standard InChI is InChI=1S/C19H39NO3/c1-5-6-7-8-9-10-11-12-13-14-15-23-17-19(22-4)16-20(3)18(2)21/h19H,5-17H2,1-4H3. The van der Waals surface area contributed by atoms with Gasteiger partial charge in [-0.3, -0.25) is 4.79 Å². The van der Waals surface area contributed by atoms with Crippen LogP contribution in [0.3, 0.4) is 0 Å². The summed E-state index contributed by atoms with van der Waals surface area (Å²) in [4.78, 5) is 12.9. The van der Waals surface area contributed by atoms with E-state index in [0.29, 0.717) is 13.2 Å². The third kappa shape index (κ3) is 14.7. The van der Waals surface area contributed by atoms with E-state index >= 15 is 0 Å². The maximum atomic E-state index is 11.2. The summed E-state index contributed by atoms with van der Waals surface area (Å²) < 4.78 is 11.0. The number of carbonyl (C=O) groups is 1. The molecule has 0 bridgehead atoms. The lowest BCUT2D eigenvalue weighted by Crippen LogP contribution is -2.36. The normalized spacial score (nSPS) is 12.3. The first-order chi connectivity index (χ1) is 11.1. The minimum Gasteiger partial charge on any atom is -0.379 e. The average Bonchev–Trinajstić information content (AvgIpc) is 2.54. The first kappa shape index (κ1) is 22.4. The Bertz CT molecular complexity index is 271. The third-order valence-corrected chi connectivity index (χ3v) is 4.29. The van der Waals surface area contributed by atoms with E-state index in [0.717, 1.165) is 13.0 Å². The molecule has 0 aliphatic carbocycles.